The summed E-state index contributed by atoms with van der Waals surface area (Å²) in [5, 5.41) is 19.0. The van der Waals surface area contributed by atoms with E-state index in [1.807, 2.05) is 0 Å². The highest BCUT2D eigenvalue weighted by Crippen LogP contribution is 2.30. The minimum Gasteiger partial charge on any atom is -0.461 e. The number of carbonyl (C=O) groups excluding carboxylic acids is 2. The summed E-state index contributed by atoms with van der Waals surface area (Å²) in [7, 11) is 0. The fourth-order valence-corrected chi connectivity index (χ4v) is 3.35. The third kappa shape index (κ3) is 9.33. The van der Waals surface area contributed by atoms with Gasteiger partial charge in [0, 0.05) is 12.1 Å². The van der Waals surface area contributed by atoms with E-state index in [0.717, 1.165) is 12.1 Å². The zero-order valence-electron chi connectivity index (χ0n) is 21.8. The number of nitrogens with two attached hydrogens (primary N) is 1. The van der Waals surface area contributed by atoms with Crippen LogP contribution in [0.3, 0.4) is 0 Å². The van der Waals surface area contributed by atoms with Crippen LogP contribution in [0.5, 0.6) is 0 Å². The van der Waals surface area contributed by atoms with E-state index in [1.54, 1.807) is 6.92 Å². The Kier molecular flexibility index (Phi) is 10.8. The first-order chi connectivity index (χ1) is 20.6. The smallest absolute Gasteiger partial charge is 0.433 e. The van der Waals surface area contributed by atoms with Crippen LogP contribution in [0.25, 0.3) is 0 Å². The van der Waals surface area contributed by atoms with Crippen molar-refractivity contribution in [2.45, 2.75) is 19.3 Å². The molecule has 232 valence electrons. The van der Waals surface area contributed by atoms with Crippen molar-refractivity contribution in [2.24, 2.45) is 5.73 Å². The van der Waals surface area contributed by atoms with Crippen LogP contribution in [0.4, 0.5) is 49.4 Å². The average molecular weight is 664 g/mol. The van der Waals surface area contributed by atoms with E-state index in [0.29, 0.717) is 0 Å². The van der Waals surface area contributed by atoms with Crippen molar-refractivity contribution in [3.8, 4) is 0 Å². The Balaban J connectivity index is 0.000000241. The highest BCUT2D eigenvalue weighted by molar-refractivity contribution is 6.30. The Morgan fingerprint density at radius 1 is 0.773 bits per heavy atom. The van der Waals surface area contributed by atoms with Gasteiger partial charge in [-0.25, -0.2) is 14.8 Å². The molecule has 4 heterocycles. The van der Waals surface area contributed by atoms with Crippen LogP contribution >= 0.6 is 23.2 Å². The van der Waals surface area contributed by atoms with Crippen molar-refractivity contribution in [3.05, 3.63) is 81.6 Å². The highest BCUT2D eigenvalue weighted by Gasteiger charge is 2.33. The lowest BCUT2D eigenvalue weighted by Gasteiger charge is -2.11. The van der Waals surface area contributed by atoms with Gasteiger partial charge >= 0.3 is 18.3 Å². The average Bonchev–Trinajstić information content (AvgIpc) is 2.93. The van der Waals surface area contributed by atoms with Crippen LogP contribution in [-0.4, -0.2) is 48.8 Å². The number of halogens is 8. The van der Waals surface area contributed by atoms with Gasteiger partial charge in [-0.1, -0.05) is 35.3 Å². The molecular weight excluding hydrogens is 647 g/mol. The molecule has 0 spiro atoms. The Morgan fingerprint density at radius 2 is 1.20 bits per heavy atom. The maximum atomic E-state index is 12.7. The number of esters is 1. The summed E-state index contributed by atoms with van der Waals surface area (Å²) in [5.41, 5.74) is 2.50. The van der Waals surface area contributed by atoms with Gasteiger partial charge < -0.3 is 21.1 Å². The van der Waals surface area contributed by atoms with Gasteiger partial charge in [-0.05, 0) is 31.2 Å². The van der Waals surface area contributed by atoms with Gasteiger partial charge in [-0.3, -0.25) is 4.79 Å². The van der Waals surface area contributed by atoms with E-state index in [2.05, 4.69) is 41.0 Å². The van der Waals surface area contributed by atoms with Crippen molar-refractivity contribution in [2.75, 3.05) is 17.2 Å². The number of hydrogen-bond acceptors (Lipinski definition) is 11. The van der Waals surface area contributed by atoms with E-state index >= 15 is 0 Å². The second-order valence-corrected chi connectivity index (χ2v) is 8.78. The first-order valence-corrected chi connectivity index (χ1v) is 12.5. The summed E-state index contributed by atoms with van der Waals surface area (Å²) < 4.78 is 80.5. The molecule has 4 aromatic heterocycles. The molecule has 4 N–H and O–H groups in total. The topological polar surface area (TPSA) is 171 Å². The number of rotatable bonds is 7. The number of ether oxygens (including phenoxy) is 1. The number of pyridine rings is 2. The highest BCUT2D eigenvalue weighted by atomic mass is 35.5. The number of anilines is 4. The van der Waals surface area contributed by atoms with Gasteiger partial charge in [-0.15, -0.1) is 20.4 Å². The maximum absolute atomic E-state index is 12.7. The molecule has 0 aliphatic carbocycles. The molecule has 0 aliphatic rings. The van der Waals surface area contributed by atoms with Crippen molar-refractivity contribution in [1.82, 2.24) is 30.4 Å². The molecular formula is C24H17Cl2F6N9O3. The van der Waals surface area contributed by atoms with Crippen LogP contribution in [0.1, 0.15) is 39.3 Å². The molecule has 0 aliphatic heterocycles. The Bertz CT molecular complexity index is 1660. The van der Waals surface area contributed by atoms with Gasteiger partial charge in [0.15, 0.2) is 21.7 Å². The molecule has 0 saturated carbocycles. The van der Waals surface area contributed by atoms with Crippen LogP contribution in [0.2, 0.25) is 10.3 Å². The molecule has 4 aromatic rings. The molecule has 0 unspecified atom stereocenters. The third-order valence-corrected chi connectivity index (χ3v) is 5.20. The number of aromatic nitrogens is 6. The summed E-state index contributed by atoms with van der Waals surface area (Å²) in [6.45, 7) is 1.70. The van der Waals surface area contributed by atoms with Gasteiger partial charge in [0.2, 0.25) is 0 Å². The SMILES string of the molecule is CCOC(=O)c1nnc(Cl)cc1Nc1cccc(C(F)(F)F)n1.NC(=O)c1nnc(Cl)cc1Nc1cccc(C(F)(F)F)n1. The van der Waals surface area contributed by atoms with Crippen LogP contribution in [0, 0.1) is 0 Å². The van der Waals surface area contributed by atoms with Crippen LogP contribution in [0.15, 0.2) is 48.5 Å². The zero-order chi connectivity index (χ0) is 32.7. The lowest BCUT2D eigenvalue weighted by atomic mass is 10.3. The number of primary amides is 1. The molecule has 0 bridgehead atoms. The predicted octanol–water partition coefficient (Wildman–Crippen LogP) is 5.85. The predicted molar refractivity (Wildman–Crippen MR) is 144 cm³/mol. The fourth-order valence-electron chi connectivity index (χ4n) is 3.06. The van der Waals surface area contributed by atoms with Gasteiger partial charge in [0.25, 0.3) is 5.91 Å². The lowest BCUT2D eigenvalue weighted by molar-refractivity contribution is -0.141. The quantitative estimate of drug-likeness (QED) is 0.160. The van der Waals surface area contributed by atoms with Gasteiger partial charge in [0.05, 0.1) is 18.0 Å². The van der Waals surface area contributed by atoms with E-state index in [-0.39, 0.29) is 51.3 Å². The van der Waals surface area contributed by atoms with Crippen LogP contribution < -0.4 is 16.4 Å². The number of hydrogen-bond donors (Lipinski definition) is 3. The van der Waals surface area contributed by atoms with E-state index in [9.17, 15) is 35.9 Å². The summed E-state index contributed by atoms with van der Waals surface area (Å²) in [6.07, 6.45) is -9.17. The van der Waals surface area contributed by atoms with E-state index in [1.165, 1.54) is 36.4 Å². The van der Waals surface area contributed by atoms with Crippen molar-refractivity contribution in [1.29, 1.82) is 0 Å². The number of carbonyl (C=O) groups is 2. The Hall–Kier alpha value is -4.84. The number of alkyl halides is 6. The van der Waals surface area contributed by atoms with Gasteiger partial charge in [-0.2, -0.15) is 26.3 Å². The molecule has 20 heteroatoms. The van der Waals surface area contributed by atoms with Crippen molar-refractivity contribution in [3.63, 3.8) is 0 Å². The molecule has 4 rings (SSSR count). The minimum atomic E-state index is -4.59. The van der Waals surface area contributed by atoms with E-state index < -0.39 is 35.6 Å². The standard InChI is InChI=1S/C13H10ClF3N4O2.C11H7ClF3N5O/c1-2-23-12(22)11-7(6-9(14)20-21-11)18-10-5-3-4-8(19-10)13(15,16)17;12-7-4-5(9(10(16)21)20-19-7)17-8-3-1-2-6(18-8)11(13,14)15/h3-6H,2H2,1H3,(H,18,19,20);1-4H,(H2,16,21)(H,17,18,19). The third-order valence-electron chi connectivity index (χ3n) is 4.83. The molecule has 1 amide bonds. The van der Waals surface area contributed by atoms with E-state index in [4.69, 9.17) is 33.7 Å². The molecule has 0 aromatic carbocycles. The Morgan fingerprint density at radius 3 is 1.61 bits per heavy atom. The molecule has 0 saturated heterocycles. The monoisotopic (exact) mass is 663 g/mol. The fraction of sp³-hybridized carbons (Fsp3) is 0.167. The first-order valence-electron chi connectivity index (χ1n) is 11.7. The number of nitrogens with zero attached hydrogens (tertiary/aromatic N) is 6. The van der Waals surface area contributed by atoms with Crippen molar-refractivity contribution < 1.29 is 40.7 Å². The molecule has 44 heavy (non-hydrogen) atoms. The maximum Gasteiger partial charge on any atom is 0.433 e. The summed E-state index contributed by atoms with van der Waals surface area (Å²) in [4.78, 5) is 29.8. The summed E-state index contributed by atoms with van der Waals surface area (Å²) in [6, 6.07) is 9.02. The minimum absolute atomic E-state index is 0.00863. The number of nitrogens with one attached hydrogen (secondary N) is 2. The molecule has 0 atom stereocenters. The van der Waals surface area contributed by atoms with Crippen LogP contribution in [-0.2, 0) is 17.1 Å². The summed E-state index contributed by atoms with van der Waals surface area (Å²) >= 11 is 11.3. The molecule has 0 fully saturated rings. The normalized spacial score (nSPS) is 11.2. The number of amides is 1. The zero-order valence-corrected chi connectivity index (χ0v) is 23.3. The first kappa shape index (κ1) is 33.7. The largest absolute Gasteiger partial charge is 0.461 e. The molecule has 0 radical (unpaired) electrons. The Labute approximate surface area is 253 Å². The van der Waals surface area contributed by atoms with Crippen molar-refractivity contribution >= 4 is 58.1 Å². The lowest BCUT2D eigenvalue weighted by Crippen LogP contribution is -2.17. The summed E-state index contributed by atoms with van der Waals surface area (Å²) in [5.74, 6) is -1.97. The second-order valence-electron chi connectivity index (χ2n) is 8.01. The van der Waals surface area contributed by atoms with Gasteiger partial charge in [0.1, 0.15) is 23.0 Å². The second kappa shape index (κ2) is 14.1. The molecule has 12 nitrogen and oxygen atoms in total.